The van der Waals surface area contributed by atoms with E-state index < -0.39 is 0 Å². The van der Waals surface area contributed by atoms with Crippen LogP contribution in [0.5, 0.6) is 0 Å². The van der Waals surface area contributed by atoms with E-state index in [4.69, 9.17) is 0 Å². The molecule has 0 heterocycles. The molecule has 0 fully saturated rings. The normalized spacial score (nSPS) is 27.2. The van der Waals surface area contributed by atoms with Crippen LogP contribution in [0.25, 0.3) is 0 Å². The van der Waals surface area contributed by atoms with E-state index in [1.807, 2.05) is 0 Å². The molecule has 0 saturated heterocycles. The van der Waals surface area contributed by atoms with Gasteiger partial charge in [-0.05, 0) is 24.5 Å². The Labute approximate surface area is 73.0 Å². The van der Waals surface area contributed by atoms with Gasteiger partial charge in [-0.15, -0.1) is 0 Å². The number of fused-ring (bicyclic) bond motifs is 1. The lowest BCUT2D eigenvalue weighted by Crippen LogP contribution is -2.09. The number of hydrogen-bond acceptors (Lipinski definition) is 1. The summed E-state index contributed by atoms with van der Waals surface area (Å²) in [5.74, 6) is 0.319. The second-order valence-corrected chi connectivity index (χ2v) is 3.76. The van der Waals surface area contributed by atoms with Crippen molar-refractivity contribution in [3.8, 4) is 0 Å². The molecule has 2 atom stereocenters. The van der Waals surface area contributed by atoms with Crippen LogP contribution >= 0.6 is 0 Å². The number of rotatable bonds is 0. The Hall–Kier alpha value is -0.820. The Morgan fingerprint density at radius 1 is 1.42 bits per heavy atom. The molecular formula is C11H14O. The first-order valence-corrected chi connectivity index (χ1v) is 4.46. The third-order valence-electron chi connectivity index (χ3n) is 2.80. The van der Waals surface area contributed by atoms with Crippen molar-refractivity contribution in [3.63, 3.8) is 0 Å². The smallest absolute Gasteiger partial charge is 0.0646 e. The zero-order valence-corrected chi connectivity index (χ0v) is 7.54. The lowest BCUT2D eigenvalue weighted by Gasteiger charge is -2.08. The number of hydrogen-bond donors (Lipinski definition) is 1. The second-order valence-electron chi connectivity index (χ2n) is 3.76. The Kier molecular flexibility index (Phi) is 1.69. The van der Waals surface area contributed by atoms with Gasteiger partial charge in [-0.3, -0.25) is 0 Å². The second kappa shape index (κ2) is 2.60. The summed E-state index contributed by atoms with van der Waals surface area (Å²) in [4.78, 5) is 0. The highest BCUT2D eigenvalue weighted by molar-refractivity contribution is 5.39. The van der Waals surface area contributed by atoms with Crippen molar-refractivity contribution in [2.45, 2.75) is 32.3 Å². The van der Waals surface area contributed by atoms with Crippen molar-refractivity contribution < 1.29 is 5.11 Å². The molecule has 1 nitrogen and oxygen atoms in total. The average molecular weight is 162 g/mol. The van der Waals surface area contributed by atoms with E-state index in [0.29, 0.717) is 5.92 Å². The summed E-state index contributed by atoms with van der Waals surface area (Å²) in [6, 6.07) is 6.44. The van der Waals surface area contributed by atoms with E-state index in [2.05, 4.69) is 32.0 Å². The van der Waals surface area contributed by atoms with Crippen molar-refractivity contribution in [1.82, 2.24) is 0 Å². The molecule has 1 aliphatic carbocycles. The molecule has 64 valence electrons. The van der Waals surface area contributed by atoms with Crippen LogP contribution in [0.1, 0.15) is 29.5 Å². The minimum absolute atomic E-state index is 0.165. The molecule has 0 saturated carbocycles. The summed E-state index contributed by atoms with van der Waals surface area (Å²) in [6.45, 7) is 4.19. The van der Waals surface area contributed by atoms with Crippen LogP contribution in [-0.2, 0) is 6.42 Å². The van der Waals surface area contributed by atoms with Crippen molar-refractivity contribution in [3.05, 3.63) is 34.9 Å². The van der Waals surface area contributed by atoms with Crippen molar-refractivity contribution in [1.29, 1.82) is 0 Å². The van der Waals surface area contributed by atoms with Crippen LogP contribution in [0, 0.1) is 6.92 Å². The largest absolute Gasteiger partial charge is 0.392 e. The van der Waals surface area contributed by atoms with Crippen LogP contribution in [0.2, 0.25) is 0 Å². The molecule has 0 aromatic heterocycles. The standard InChI is InChI=1S/C11H14O/c1-7-3-4-9-6-11(12)8(2)10(9)5-7/h3-5,8,11-12H,6H2,1-2H3/t8-,11-/m1/s1. The average Bonchev–Trinajstić information content (AvgIpc) is 2.31. The zero-order chi connectivity index (χ0) is 8.72. The van der Waals surface area contributed by atoms with Gasteiger partial charge < -0.3 is 5.11 Å². The topological polar surface area (TPSA) is 20.2 Å². The molecule has 0 radical (unpaired) electrons. The summed E-state index contributed by atoms with van der Waals surface area (Å²) in [5.41, 5.74) is 3.94. The molecule has 0 spiro atoms. The van der Waals surface area contributed by atoms with Gasteiger partial charge in [-0.25, -0.2) is 0 Å². The van der Waals surface area contributed by atoms with Gasteiger partial charge in [0.05, 0.1) is 6.10 Å². The number of benzene rings is 1. The molecule has 1 N–H and O–H groups in total. The number of aliphatic hydroxyl groups excluding tert-OH is 1. The van der Waals surface area contributed by atoms with E-state index in [0.717, 1.165) is 6.42 Å². The van der Waals surface area contributed by atoms with Crippen molar-refractivity contribution >= 4 is 0 Å². The Bertz CT molecular complexity index is 304. The monoisotopic (exact) mass is 162 g/mol. The highest BCUT2D eigenvalue weighted by atomic mass is 16.3. The maximum atomic E-state index is 9.61. The first-order valence-electron chi connectivity index (χ1n) is 4.46. The van der Waals surface area contributed by atoms with E-state index in [-0.39, 0.29) is 6.10 Å². The van der Waals surface area contributed by atoms with Crippen LogP contribution in [0.4, 0.5) is 0 Å². The molecule has 1 aromatic carbocycles. The van der Waals surface area contributed by atoms with E-state index >= 15 is 0 Å². The van der Waals surface area contributed by atoms with Gasteiger partial charge in [-0.1, -0.05) is 30.7 Å². The third-order valence-corrected chi connectivity index (χ3v) is 2.80. The summed E-state index contributed by atoms with van der Waals surface area (Å²) >= 11 is 0. The zero-order valence-electron chi connectivity index (χ0n) is 7.54. The SMILES string of the molecule is Cc1ccc2c(c1)[C@@H](C)[C@H](O)C2. The predicted octanol–water partition coefficient (Wildman–Crippen LogP) is 2.02. The molecule has 0 unspecified atom stereocenters. The summed E-state index contributed by atoms with van der Waals surface area (Å²) in [7, 11) is 0. The third kappa shape index (κ3) is 1.05. The van der Waals surface area contributed by atoms with Crippen LogP contribution in [0.15, 0.2) is 18.2 Å². The summed E-state index contributed by atoms with van der Waals surface area (Å²) in [6.07, 6.45) is 0.665. The van der Waals surface area contributed by atoms with Crippen molar-refractivity contribution in [2.24, 2.45) is 0 Å². The lowest BCUT2D eigenvalue weighted by molar-refractivity contribution is 0.163. The summed E-state index contributed by atoms with van der Waals surface area (Å²) < 4.78 is 0. The Morgan fingerprint density at radius 3 is 2.92 bits per heavy atom. The van der Waals surface area contributed by atoms with Gasteiger partial charge in [0.15, 0.2) is 0 Å². The fourth-order valence-electron chi connectivity index (χ4n) is 1.93. The lowest BCUT2D eigenvalue weighted by atomic mass is 10.0. The molecule has 2 rings (SSSR count). The van der Waals surface area contributed by atoms with Crippen LogP contribution in [-0.4, -0.2) is 11.2 Å². The Balaban J connectivity index is 2.48. The van der Waals surface area contributed by atoms with E-state index in [1.54, 1.807) is 0 Å². The molecule has 0 bridgehead atoms. The van der Waals surface area contributed by atoms with Crippen LogP contribution < -0.4 is 0 Å². The van der Waals surface area contributed by atoms with E-state index in [1.165, 1.54) is 16.7 Å². The summed E-state index contributed by atoms with van der Waals surface area (Å²) in [5, 5.41) is 9.61. The molecule has 0 amide bonds. The molecule has 0 aliphatic heterocycles. The first-order chi connectivity index (χ1) is 5.68. The van der Waals surface area contributed by atoms with Gasteiger partial charge in [0.25, 0.3) is 0 Å². The van der Waals surface area contributed by atoms with Crippen LogP contribution in [0.3, 0.4) is 0 Å². The number of aliphatic hydroxyl groups is 1. The highest BCUT2D eigenvalue weighted by Gasteiger charge is 2.26. The van der Waals surface area contributed by atoms with Gasteiger partial charge in [0.2, 0.25) is 0 Å². The fraction of sp³-hybridized carbons (Fsp3) is 0.455. The first kappa shape index (κ1) is 7.81. The molecular weight excluding hydrogens is 148 g/mol. The van der Waals surface area contributed by atoms with Crippen molar-refractivity contribution in [2.75, 3.05) is 0 Å². The fourth-order valence-corrected chi connectivity index (χ4v) is 1.93. The van der Waals surface area contributed by atoms with Gasteiger partial charge in [0, 0.05) is 5.92 Å². The van der Waals surface area contributed by atoms with Gasteiger partial charge >= 0.3 is 0 Å². The van der Waals surface area contributed by atoms with E-state index in [9.17, 15) is 5.11 Å². The minimum Gasteiger partial charge on any atom is -0.392 e. The van der Waals surface area contributed by atoms with Gasteiger partial charge in [-0.2, -0.15) is 0 Å². The maximum absolute atomic E-state index is 9.61. The predicted molar refractivity (Wildman–Crippen MR) is 49.3 cm³/mol. The molecule has 12 heavy (non-hydrogen) atoms. The quantitative estimate of drug-likeness (QED) is 0.618. The molecule has 1 aliphatic rings. The minimum atomic E-state index is -0.165. The highest BCUT2D eigenvalue weighted by Crippen LogP contribution is 2.33. The number of aryl methyl sites for hydroxylation is 1. The van der Waals surface area contributed by atoms with Gasteiger partial charge in [0.1, 0.15) is 0 Å². The maximum Gasteiger partial charge on any atom is 0.0646 e. The Morgan fingerprint density at radius 2 is 2.17 bits per heavy atom. The molecule has 1 aromatic rings. The molecule has 1 heteroatoms.